The van der Waals surface area contributed by atoms with Crippen LogP contribution in [0.25, 0.3) is 0 Å². The Bertz CT molecular complexity index is 431. The van der Waals surface area contributed by atoms with Crippen LogP contribution in [0.3, 0.4) is 0 Å². The van der Waals surface area contributed by atoms with Crippen molar-refractivity contribution in [2.24, 2.45) is 23.7 Å². The molecular weight excluding hydrogens is 315 g/mol. The molecule has 0 N–H and O–H groups in total. The van der Waals surface area contributed by atoms with Crippen molar-refractivity contribution in [1.82, 2.24) is 0 Å². The molecule has 142 valence electrons. The maximum absolute atomic E-state index is 13.2. The topological polar surface area (TPSA) is 18.5 Å². The highest BCUT2D eigenvalue weighted by Crippen LogP contribution is 2.41. The zero-order valence-electron chi connectivity index (χ0n) is 15.6. The lowest BCUT2D eigenvalue weighted by Crippen LogP contribution is -2.32. The van der Waals surface area contributed by atoms with Gasteiger partial charge in [0.1, 0.15) is 0 Å². The van der Waals surface area contributed by atoms with Crippen LogP contribution in [0.5, 0.6) is 0 Å². The normalized spacial score (nSPS) is 36.7. The van der Waals surface area contributed by atoms with Gasteiger partial charge in [0.15, 0.2) is 6.29 Å². The van der Waals surface area contributed by atoms with Gasteiger partial charge < -0.3 is 9.47 Å². The van der Waals surface area contributed by atoms with E-state index in [1.54, 1.807) is 0 Å². The molecule has 1 saturated carbocycles. The molecule has 0 bridgehead atoms. The van der Waals surface area contributed by atoms with Crippen LogP contribution in [-0.4, -0.2) is 19.5 Å². The van der Waals surface area contributed by atoms with Crippen LogP contribution in [0.2, 0.25) is 0 Å². The molecule has 3 aliphatic rings. The second kappa shape index (κ2) is 9.87. The van der Waals surface area contributed by atoms with Gasteiger partial charge in [-0.05, 0) is 75.5 Å². The van der Waals surface area contributed by atoms with Crippen LogP contribution in [0.4, 0.5) is 4.39 Å². The fourth-order valence-electron chi connectivity index (χ4n) is 4.84. The summed E-state index contributed by atoms with van der Waals surface area (Å²) in [7, 11) is 0. The van der Waals surface area contributed by atoms with Gasteiger partial charge in [-0.25, -0.2) is 4.39 Å². The summed E-state index contributed by atoms with van der Waals surface area (Å²) >= 11 is 0. The summed E-state index contributed by atoms with van der Waals surface area (Å²) in [5.41, 5.74) is 0. The van der Waals surface area contributed by atoms with E-state index in [1.165, 1.54) is 32.1 Å². The van der Waals surface area contributed by atoms with E-state index >= 15 is 0 Å². The minimum absolute atomic E-state index is 0.0177. The molecule has 2 aliphatic carbocycles. The van der Waals surface area contributed by atoms with Crippen molar-refractivity contribution in [3.8, 4) is 0 Å². The molecule has 0 amide bonds. The van der Waals surface area contributed by atoms with Crippen LogP contribution < -0.4 is 0 Å². The SMILES string of the molecule is C=CCC[C@H]1CO[C@H](CC[C@H]2CC[C@H](C3CC=C(F)CC3)CC2)OC1. The first kappa shape index (κ1) is 19.1. The number of ether oxygens (including phenoxy) is 2. The Labute approximate surface area is 152 Å². The maximum atomic E-state index is 13.2. The lowest BCUT2D eigenvalue weighted by Gasteiger charge is -2.35. The first-order valence-corrected chi connectivity index (χ1v) is 10.4. The molecule has 3 heteroatoms. The second-order valence-corrected chi connectivity index (χ2v) is 8.37. The van der Waals surface area contributed by atoms with E-state index in [0.29, 0.717) is 12.3 Å². The van der Waals surface area contributed by atoms with Gasteiger partial charge in [-0.1, -0.05) is 25.0 Å². The Kier molecular flexibility index (Phi) is 7.54. The molecule has 1 unspecified atom stereocenters. The quantitative estimate of drug-likeness (QED) is 0.510. The Hall–Kier alpha value is -0.670. The van der Waals surface area contributed by atoms with Gasteiger partial charge in [-0.2, -0.15) is 0 Å². The van der Waals surface area contributed by atoms with E-state index in [-0.39, 0.29) is 12.1 Å². The third kappa shape index (κ3) is 5.92. The molecule has 0 radical (unpaired) electrons. The molecule has 1 atom stereocenters. The van der Waals surface area contributed by atoms with Crippen LogP contribution in [0.1, 0.15) is 70.6 Å². The van der Waals surface area contributed by atoms with Crippen molar-refractivity contribution < 1.29 is 13.9 Å². The standard InChI is InChI=1S/C22H35FO2/c1-2-3-4-18-15-24-22(25-16-18)14-7-17-5-8-19(9-6-17)20-10-12-21(23)13-11-20/h2,12,17-20,22H,1,3-11,13-16H2/t17-,18-,19-,20?,22-. The third-order valence-corrected chi connectivity index (χ3v) is 6.58. The van der Waals surface area contributed by atoms with Crippen molar-refractivity contribution in [1.29, 1.82) is 0 Å². The van der Waals surface area contributed by atoms with Gasteiger partial charge in [0.25, 0.3) is 0 Å². The van der Waals surface area contributed by atoms with Gasteiger partial charge in [0.05, 0.1) is 19.0 Å². The van der Waals surface area contributed by atoms with E-state index < -0.39 is 0 Å². The smallest absolute Gasteiger partial charge is 0.157 e. The molecule has 1 aliphatic heterocycles. The second-order valence-electron chi connectivity index (χ2n) is 8.37. The number of rotatable bonds is 7. The number of hydrogen-bond donors (Lipinski definition) is 0. The van der Waals surface area contributed by atoms with Crippen LogP contribution in [-0.2, 0) is 9.47 Å². The number of halogens is 1. The fraction of sp³-hybridized carbons (Fsp3) is 0.818. The van der Waals surface area contributed by atoms with Crippen LogP contribution >= 0.6 is 0 Å². The van der Waals surface area contributed by atoms with Crippen LogP contribution in [0.15, 0.2) is 24.6 Å². The molecular formula is C22H35FO2. The summed E-state index contributed by atoms with van der Waals surface area (Å²) in [6, 6.07) is 0. The Morgan fingerprint density at radius 2 is 1.72 bits per heavy atom. The first-order valence-electron chi connectivity index (χ1n) is 10.4. The molecule has 0 aromatic rings. The van der Waals surface area contributed by atoms with E-state index in [9.17, 15) is 4.39 Å². The summed E-state index contributed by atoms with van der Waals surface area (Å²) in [6.07, 6.45) is 16.3. The molecule has 3 rings (SSSR count). The Morgan fingerprint density at radius 3 is 2.36 bits per heavy atom. The van der Waals surface area contributed by atoms with E-state index in [4.69, 9.17) is 9.47 Å². The largest absolute Gasteiger partial charge is 0.352 e. The van der Waals surface area contributed by atoms with Crippen molar-refractivity contribution in [3.63, 3.8) is 0 Å². The minimum Gasteiger partial charge on any atom is -0.352 e. The summed E-state index contributed by atoms with van der Waals surface area (Å²) < 4.78 is 25.0. The Morgan fingerprint density at radius 1 is 0.960 bits per heavy atom. The molecule has 1 saturated heterocycles. The molecule has 0 aromatic carbocycles. The fourth-order valence-corrected chi connectivity index (χ4v) is 4.84. The van der Waals surface area contributed by atoms with Gasteiger partial charge in [0.2, 0.25) is 0 Å². The average Bonchev–Trinajstić information content (AvgIpc) is 2.67. The summed E-state index contributed by atoms with van der Waals surface area (Å²) in [6.45, 7) is 5.47. The number of allylic oxidation sites excluding steroid dienone is 3. The predicted molar refractivity (Wildman–Crippen MR) is 99.8 cm³/mol. The highest BCUT2D eigenvalue weighted by atomic mass is 19.1. The van der Waals surface area contributed by atoms with Gasteiger partial charge in [-0.3, -0.25) is 0 Å². The highest BCUT2D eigenvalue weighted by Gasteiger charge is 2.29. The average molecular weight is 351 g/mol. The molecule has 0 aromatic heterocycles. The summed E-state index contributed by atoms with van der Waals surface area (Å²) in [4.78, 5) is 0. The summed E-state index contributed by atoms with van der Waals surface area (Å²) in [5, 5.41) is 0. The molecule has 0 spiro atoms. The molecule has 1 heterocycles. The lowest BCUT2D eigenvalue weighted by atomic mass is 9.71. The van der Waals surface area contributed by atoms with Crippen molar-refractivity contribution >= 4 is 0 Å². The monoisotopic (exact) mass is 350 g/mol. The third-order valence-electron chi connectivity index (χ3n) is 6.58. The predicted octanol–water partition coefficient (Wildman–Crippen LogP) is 6.18. The zero-order valence-corrected chi connectivity index (χ0v) is 15.6. The minimum atomic E-state index is 0.0177. The lowest BCUT2D eigenvalue weighted by molar-refractivity contribution is -0.205. The van der Waals surface area contributed by atoms with E-state index in [0.717, 1.165) is 63.1 Å². The van der Waals surface area contributed by atoms with Gasteiger partial charge >= 0.3 is 0 Å². The molecule has 25 heavy (non-hydrogen) atoms. The van der Waals surface area contributed by atoms with E-state index in [1.807, 2.05) is 12.2 Å². The molecule has 2 nitrogen and oxygen atoms in total. The zero-order chi connectivity index (χ0) is 17.5. The van der Waals surface area contributed by atoms with E-state index in [2.05, 4.69) is 6.58 Å². The van der Waals surface area contributed by atoms with Crippen molar-refractivity contribution in [2.45, 2.75) is 76.9 Å². The number of hydrogen-bond acceptors (Lipinski definition) is 2. The van der Waals surface area contributed by atoms with Crippen molar-refractivity contribution in [2.75, 3.05) is 13.2 Å². The maximum Gasteiger partial charge on any atom is 0.157 e. The molecule has 2 fully saturated rings. The van der Waals surface area contributed by atoms with Crippen LogP contribution in [0, 0.1) is 23.7 Å². The van der Waals surface area contributed by atoms with Gasteiger partial charge in [-0.15, -0.1) is 6.58 Å². The van der Waals surface area contributed by atoms with Gasteiger partial charge in [0, 0.05) is 5.92 Å². The Balaban J connectivity index is 1.29. The first-order chi connectivity index (χ1) is 12.2. The van der Waals surface area contributed by atoms with Crippen molar-refractivity contribution in [3.05, 3.63) is 24.6 Å². The highest BCUT2D eigenvalue weighted by molar-refractivity contribution is 4.99. The summed E-state index contributed by atoms with van der Waals surface area (Å²) in [5.74, 6) is 3.05.